The summed E-state index contributed by atoms with van der Waals surface area (Å²) < 4.78 is 18.9. The van der Waals surface area contributed by atoms with Crippen molar-refractivity contribution < 1.29 is 18.7 Å². The third-order valence-electron chi connectivity index (χ3n) is 5.52. The molecule has 0 aliphatic rings. The second-order valence-corrected chi connectivity index (χ2v) is 8.68. The highest BCUT2D eigenvalue weighted by Crippen LogP contribution is 2.18. The minimum atomic E-state index is -0.752. The van der Waals surface area contributed by atoms with Crippen molar-refractivity contribution in [2.45, 2.75) is 38.8 Å². The summed E-state index contributed by atoms with van der Waals surface area (Å²) in [5.41, 5.74) is 1.73. The van der Waals surface area contributed by atoms with Gasteiger partial charge in [0.2, 0.25) is 5.91 Å². The van der Waals surface area contributed by atoms with Crippen LogP contribution in [0.3, 0.4) is 0 Å². The molecule has 7 heteroatoms. The normalized spacial score (nSPS) is 11.5. The SMILES string of the molecule is CCCCNC(=O)[C@@H](Cc1ccccc1)N(Cc1cccc(Cl)c1)C(=O)COc1ccc(F)cc1. The Kier molecular flexibility index (Phi) is 10.1. The summed E-state index contributed by atoms with van der Waals surface area (Å²) in [5.74, 6) is -0.604. The van der Waals surface area contributed by atoms with Gasteiger partial charge in [-0.25, -0.2) is 4.39 Å². The first-order valence-electron chi connectivity index (χ1n) is 11.7. The van der Waals surface area contributed by atoms with E-state index in [1.807, 2.05) is 42.5 Å². The van der Waals surface area contributed by atoms with Crippen LogP contribution in [0.5, 0.6) is 5.75 Å². The molecule has 0 aliphatic heterocycles. The van der Waals surface area contributed by atoms with Gasteiger partial charge in [0.1, 0.15) is 17.6 Å². The van der Waals surface area contributed by atoms with Crippen LogP contribution in [0.15, 0.2) is 78.9 Å². The Morgan fingerprint density at radius 3 is 2.40 bits per heavy atom. The summed E-state index contributed by atoms with van der Waals surface area (Å²) in [6, 6.07) is 21.5. The maximum Gasteiger partial charge on any atom is 0.261 e. The molecule has 2 amide bonds. The number of amides is 2. The highest BCUT2D eigenvalue weighted by molar-refractivity contribution is 6.30. The predicted molar refractivity (Wildman–Crippen MR) is 136 cm³/mol. The molecule has 0 bridgehead atoms. The van der Waals surface area contributed by atoms with E-state index in [4.69, 9.17) is 16.3 Å². The molecule has 35 heavy (non-hydrogen) atoms. The Morgan fingerprint density at radius 2 is 1.71 bits per heavy atom. The molecule has 0 fully saturated rings. The number of unbranched alkanes of at least 4 members (excludes halogenated alkanes) is 1. The molecule has 0 unspecified atom stereocenters. The molecule has 0 radical (unpaired) electrons. The molecule has 0 saturated heterocycles. The van der Waals surface area contributed by atoms with Gasteiger partial charge in [-0.2, -0.15) is 0 Å². The van der Waals surface area contributed by atoms with Crippen molar-refractivity contribution in [3.63, 3.8) is 0 Å². The molecule has 184 valence electrons. The molecule has 3 aromatic carbocycles. The Balaban J connectivity index is 1.87. The minimum Gasteiger partial charge on any atom is -0.484 e. The highest BCUT2D eigenvalue weighted by atomic mass is 35.5. The second kappa shape index (κ2) is 13.5. The lowest BCUT2D eigenvalue weighted by molar-refractivity contribution is -0.142. The van der Waals surface area contributed by atoms with E-state index in [2.05, 4.69) is 12.2 Å². The maximum absolute atomic E-state index is 13.5. The minimum absolute atomic E-state index is 0.185. The molecule has 0 saturated carbocycles. The number of hydrogen-bond acceptors (Lipinski definition) is 3. The van der Waals surface area contributed by atoms with E-state index < -0.39 is 11.9 Å². The highest BCUT2D eigenvalue weighted by Gasteiger charge is 2.30. The lowest BCUT2D eigenvalue weighted by Crippen LogP contribution is -2.51. The Labute approximate surface area is 210 Å². The van der Waals surface area contributed by atoms with Crippen molar-refractivity contribution >= 4 is 23.4 Å². The Morgan fingerprint density at radius 1 is 1.00 bits per heavy atom. The molecule has 3 aromatic rings. The topological polar surface area (TPSA) is 58.6 Å². The third-order valence-corrected chi connectivity index (χ3v) is 5.75. The van der Waals surface area contributed by atoms with E-state index >= 15 is 0 Å². The maximum atomic E-state index is 13.5. The number of nitrogens with zero attached hydrogens (tertiary/aromatic N) is 1. The number of hydrogen-bond donors (Lipinski definition) is 1. The zero-order valence-corrected chi connectivity index (χ0v) is 20.5. The first kappa shape index (κ1) is 26.2. The van der Waals surface area contributed by atoms with Gasteiger partial charge >= 0.3 is 0 Å². The largest absolute Gasteiger partial charge is 0.484 e. The van der Waals surface area contributed by atoms with Gasteiger partial charge in [-0.1, -0.05) is 67.4 Å². The third kappa shape index (κ3) is 8.41. The van der Waals surface area contributed by atoms with E-state index in [0.717, 1.165) is 24.0 Å². The van der Waals surface area contributed by atoms with E-state index in [0.29, 0.717) is 23.7 Å². The zero-order valence-electron chi connectivity index (χ0n) is 19.8. The van der Waals surface area contributed by atoms with Crippen molar-refractivity contribution in [2.24, 2.45) is 0 Å². The molecule has 5 nitrogen and oxygen atoms in total. The molecule has 0 heterocycles. The molecular formula is C28H30ClFN2O3. The number of ether oxygens (including phenoxy) is 1. The first-order valence-corrected chi connectivity index (χ1v) is 12.1. The Bertz CT molecular complexity index is 1090. The van der Waals surface area contributed by atoms with E-state index in [1.165, 1.54) is 29.2 Å². The predicted octanol–water partition coefficient (Wildman–Crippen LogP) is 5.41. The summed E-state index contributed by atoms with van der Waals surface area (Å²) >= 11 is 6.18. The number of carbonyl (C=O) groups excluding carboxylic acids is 2. The average molecular weight is 497 g/mol. The quantitative estimate of drug-likeness (QED) is 0.341. The van der Waals surface area contributed by atoms with Crippen LogP contribution in [0.4, 0.5) is 4.39 Å². The fourth-order valence-electron chi connectivity index (χ4n) is 3.65. The molecule has 0 spiro atoms. The van der Waals surface area contributed by atoms with Gasteiger partial charge in [0.25, 0.3) is 5.91 Å². The number of carbonyl (C=O) groups is 2. The van der Waals surface area contributed by atoms with Crippen LogP contribution in [0.25, 0.3) is 0 Å². The van der Waals surface area contributed by atoms with Crippen molar-refractivity contribution in [1.82, 2.24) is 10.2 Å². The van der Waals surface area contributed by atoms with Crippen LogP contribution >= 0.6 is 11.6 Å². The van der Waals surface area contributed by atoms with Crippen molar-refractivity contribution in [3.8, 4) is 5.75 Å². The van der Waals surface area contributed by atoms with Crippen LogP contribution in [0, 0.1) is 5.82 Å². The van der Waals surface area contributed by atoms with Crippen LogP contribution < -0.4 is 10.1 Å². The van der Waals surface area contributed by atoms with Crippen molar-refractivity contribution in [2.75, 3.05) is 13.2 Å². The van der Waals surface area contributed by atoms with E-state index in [-0.39, 0.29) is 25.0 Å². The average Bonchev–Trinajstić information content (AvgIpc) is 2.86. The van der Waals surface area contributed by atoms with Gasteiger partial charge in [-0.15, -0.1) is 0 Å². The van der Waals surface area contributed by atoms with E-state index in [1.54, 1.807) is 12.1 Å². The lowest BCUT2D eigenvalue weighted by atomic mass is 10.0. The number of nitrogens with one attached hydrogen (secondary N) is 1. The van der Waals surface area contributed by atoms with Gasteiger partial charge in [0, 0.05) is 24.5 Å². The molecule has 0 aromatic heterocycles. The molecule has 3 rings (SSSR count). The lowest BCUT2D eigenvalue weighted by Gasteiger charge is -2.31. The standard InChI is InChI=1S/C28H30ClFN2O3/c1-2-3-16-31-28(34)26(18-21-8-5-4-6-9-21)32(19-22-10-7-11-23(29)17-22)27(33)20-35-25-14-12-24(30)13-15-25/h4-15,17,26H,2-3,16,18-20H2,1H3,(H,31,34)/t26-/m1/s1. The fraction of sp³-hybridized carbons (Fsp3) is 0.286. The molecular weight excluding hydrogens is 467 g/mol. The van der Waals surface area contributed by atoms with E-state index in [9.17, 15) is 14.0 Å². The summed E-state index contributed by atoms with van der Waals surface area (Å²) in [6.07, 6.45) is 2.14. The number of rotatable bonds is 12. The zero-order chi connectivity index (χ0) is 25.0. The van der Waals surface area contributed by atoms with Gasteiger partial charge in [0.05, 0.1) is 0 Å². The number of benzene rings is 3. The van der Waals surface area contributed by atoms with Crippen LogP contribution in [0.1, 0.15) is 30.9 Å². The van der Waals surface area contributed by atoms with Crippen molar-refractivity contribution in [3.05, 3.63) is 101 Å². The van der Waals surface area contributed by atoms with Crippen LogP contribution in [0.2, 0.25) is 5.02 Å². The Hall–Kier alpha value is -3.38. The van der Waals surface area contributed by atoms with Gasteiger partial charge in [-0.05, 0) is 53.9 Å². The van der Waals surface area contributed by atoms with Gasteiger partial charge in [-0.3, -0.25) is 9.59 Å². The van der Waals surface area contributed by atoms with Crippen LogP contribution in [-0.4, -0.2) is 35.9 Å². The van der Waals surface area contributed by atoms with Gasteiger partial charge < -0.3 is 15.0 Å². The second-order valence-electron chi connectivity index (χ2n) is 8.24. The first-order chi connectivity index (χ1) is 17.0. The summed E-state index contributed by atoms with van der Waals surface area (Å²) in [5, 5.41) is 3.52. The monoisotopic (exact) mass is 496 g/mol. The summed E-state index contributed by atoms with van der Waals surface area (Å²) in [7, 11) is 0. The smallest absolute Gasteiger partial charge is 0.261 e. The van der Waals surface area contributed by atoms with Crippen LogP contribution in [-0.2, 0) is 22.6 Å². The van der Waals surface area contributed by atoms with Gasteiger partial charge in [0.15, 0.2) is 6.61 Å². The summed E-state index contributed by atoms with van der Waals surface area (Å²) in [6.45, 7) is 2.48. The molecule has 1 N–H and O–H groups in total. The molecule has 1 atom stereocenters. The van der Waals surface area contributed by atoms with Crippen molar-refractivity contribution in [1.29, 1.82) is 0 Å². The summed E-state index contributed by atoms with van der Waals surface area (Å²) in [4.78, 5) is 28.3. The fourth-order valence-corrected chi connectivity index (χ4v) is 3.86. The number of halogens is 2. The molecule has 0 aliphatic carbocycles.